The number of unbranched alkanes of at least 4 members (excludes halogenated alkanes) is 4. The van der Waals surface area contributed by atoms with E-state index in [2.05, 4.69) is 6.92 Å². The number of carbonyl (C=O) groups is 2. The van der Waals surface area contributed by atoms with Crippen LogP contribution >= 0.6 is 24.0 Å². The van der Waals surface area contributed by atoms with Gasteiger partial charge >= 0.3 is 5.97 Å². The monoisotopic (exact) mass is 435 g/mol. The Kier molecular flexibility index (Phi) is 10.2. The maximum absolute atomic E-state index is 12.6. The SMILES string of the molecule is CCCCCCOc1ccc(/C=C2\SC(=S)N(CC(=O)OCCCC)C2=O)cc1. The molecule has 0 N–H and O–H groups in total. The Morgan fingerprint density at radius 2 is 1.79 bits per heavy atom. The van der Waals surface area contributed by atoms with Crippen LogP contribution in [0, 0.1) is 0 Å². The molecule has 0 unspecified atom stereocenters. The van der Waals surface area contributed by atoms with Crippen molar-refractivity contribution in [2.45, 2.75) is 52.4 Å². The number of esters is 1. The molecule has 0 radical (unpaired) electrons. The van der Waals surface area contributed by atoms with E-state index in [9.17, 15) is 9.59 Å². The van der Waals surface area contributed by atoms with Gasteiger partial charge in [0.25, 0.3) is 5.91 Å². The van der Waals surface area contributed by atoms with E-state index in [0.717, 1.165) is 30.6 Å². The summed E-state index contributed by atoms with van der Waals surface area (Å²) in [4.78, 5) is 26.3. The predicted molar refractivity (Wildman–Crippen MR) is 122 cm³/mol. The quantitative estimate of drug-likeness (QED) is 0.195. The molecular formula is C22H29NO4S2. The van der Waals surface area contributed by atoms with E-state index in [4.69, 9.17) is 21.7 Å². The van der Waals surface area contributed by atoms with E-state index in [1.165, 1.54) is 35.9 Å². The van der Waals surface area contributed by atoms with Crippen LogP contribution in [-0.2, 0) is 14.3 Å². The van der Waals surface area contributed by atoms with Crippen LogP contribution in [0.5, 0.6) is 5.75 Å². The van der Waals surface area contributed by atoms with Gasteiger partial charge in [-0.3, -0.25) is 14.5 Å². The van der Waals surface area contributed by atoms with Crippen LogP contribution in [0.3, 0.4) is 0 Å². The molecule has 7 heteroatoms. The number of nitrogens with zero attached hydrogens (tertiary/aromatic N) is 1. The summed E-state index contributed by atoms with van der Waals surface area (Å²) in [5, 5.41) is 0. The molecule has 0 bridgehead atoms. The highest BCUT2D eigenvalue weighted by molar-refractivity contribution is 8.26. The van der Waals surface area contributed by atoms with Crippen molar-refractivity contribution in [1.29, 1.82) is 0 Å². The van der Waals surface area contributed by atoms with Crippen LogP contribution in [0.2, 0.25) is 0 Å². The summed E-state index contributed by atoms with van der Waals surface area (Å²) in [6, 6.07) is 7.62. The number of hydrogen-bond acceptors (Lipinski definition) is 6. The predicted octanol–water partition coefficient (Wildman–Crippen LogP) is 5.19. The number of amides is 1. The smallest absolute Gasteiger partial charge is 0.326 e. The second-order valence-corrected chi connectivity index (χ2v) is 8.50. The van der Waals surface area contributed by atoms with Gasteiger partial charge in [0, 0.05) is 0 Å². The first-order valence-corrected chi connectivity index (χ1v) is 11.4. The molecule has 1 aromatic rings. The third-order valence-corrected chi connectivity index (χ3v) is 5.74. The zero-order chi connectivity index (χ0) is 21.1. The second kappa shape index (κ2) is 12.6. The molecule has 1 aromatic carbocycles. The fraction of sp³-hybridized carbons (Fsp3) is 0.500. The van der Waals surface area contributed by atoms with Crippen molar-refractivity contribution in [2.24, 2.45) is 0 Å². The van der Waals surface area contributed by atoms with E-state index >= 15 is 0 Å². The van der Waals surface area contributed by atoms with E-state index in [1.54, 1.807) is 6.08 Å². The fourth-order valence-electron chi connectivity index (χ4n) is 2.67. The molecule has 1 amide bonds. The molecule has 0 spiro atoms. The highest BCUT2D eigenvalue weighted by Crippen LogP contribution is 2.32. The first-order valence-electron chi connectivity index (χ1n) is 10.2. The maximum atomic E-state index is 12.6. The van der Waals surface area contributed by atoms with Gasteiger partial charge in [-0.25, -0.2) is 0 Å². The summed E-state index contributed by atoms with van der Waals surface area (Å²) in [6.45, 7) is 5.15. The van der Waals surface area contributed by atoms with Crippen LogP contribution in [-0.4, -0.2) is 40.9 Å². The van der Waals surface area contributed by atoms with Crippen molar-refractivity contribution in [2.75, 3.05) is 19.8 Å². The average Bonchev–Trinajstić information content (AvgIpc) is 2.96. The molecule has 1 aliphatic rings. The Morgan fingerprint density at radius 1 is 1.07 bits per heavy atom. The lowest BCUT2D eigenvalue weighted by molar-refractivity contribution is -0.146. The molecule has 1 heterocycles. The normalized spacial score (nSPS) is 15.2. The lowest BCUT2D eigenvalue weighted by Gasteiger charge is -2.13. The van der Waals surface area contributed by atoms with Crippen molar-refractivity contribution < 1.29 is 19.1 Å². The first kappa shape index (κ1) is 23.4. The van der Waals surface area contributed by atoms with E-state index in [1.807, 2.05) is 31.2 Å². The highest BCUT2D eigenvalue weighted by Gasteiger charge is 2.33. The van der Waals surface area contributed by atoms with Crippen molar-refractivity contribution in [3.05, 3.63) is 34.7 Å². The van der Waals surface area contributed by atoms with Crippen LogP contribution in [0.25, 0.3) is 6.08 Å². The van der Waals surface area contributed by atoms with Crippen molar-refractivity contribution in [1.82, 2.24) is 4.90 Å². The van der Waals surface area contributed by atoms with E-state index in [-0.39, 0.29) is 12.5 Å². The van der Waals surface area contributed by atoms with Gasteiger partial charge < -0.3 is 9.47 Å². The number of benzene rings is 1. The fourth-order valence-corrected chi connectivity index (χ4v) is 3.93. The van der Waals surface area contributed by atoms with Gasteiger partial charge in [-0.15, -0.1) is 0 Å². The Bertz CT molecular complexity index is 731. The van der Waals surface area contributed by atoms with Gasteiger partial charge in [0.2, 0.25) is 0 Å². The Labute approximate surface area is 182 Å². The largest absolute Gasteiger partial charge is 0.494 e. The maximum Gasteiger partial charge on any atom is 0.326 e. The van der Waals surface area contributed by atoms with Crippen LogP contribution < -0.4 is 4.74 Å². The topological polar surface area (TPSA) is 55.8 Å². The van der Waals surface area contributed by atoms with Crippen molar-refractivity contribution >= 4 is 46.3 Å². The summed E-state index contributed by atoms with van der Waals surface area (Å²) in [5.74, 6) is 0.126. The molecule has 2 rings (SSSR count). The minimum absolute atomic E-state index is 0.142. The Hall–Kier alpha value is -1.86. The summed E-state index contributed by atoms with van der Waals surface area (Å²) in [6.07, 6.45) is 8.22. The molecule has 0 atom stereocenters. The third-order valence-electron chi connectivity index (χ3n) is 4.37. The molecule has 29 heavy (non-hydrogen) atoms. The van der Waals surface area contributed by atoms with Gasteiger partial charge in [-0.1, -0.05) is 75.6 Å². The molecule has 5 nitrogen and oxygen atoms in total. The number of rotatable bonds is 12. The van der Waals surface area contributed by atoms with Gasteiger partial charge in [-0.2, -0.15) is 0 Å². The lowest BCUT2D eigenvalue weighted by Crippen LogP contribution is -2.34. The van der Waals surface area contributed by atoms with Gasteiger partial charge in [0.15, 0.2) is 0 Å². The van der Waals surface area contributed by atoms with E-state index in [0.29, 0.717) is 22.4 Å². The number of carbonyl (C=O) groups excluding carboxylic acids is 2. The van der Waals surface area contributed by atoms with Gasteiger partial charge in [0.05, 0.1) is 18.1 Å². The summed E-state index contributed by atoms with van der Waals surface area (Å²) in [7, 11) is 0. The molecule has 0 saturated carbocycles. The minimum Gasteiger partial charge on any atom is -0.494 e. The summed E-state index contributed by atoms with van der Waals surface area (Å²) >= 11 is 6.47. The second-order valence-electron chi connectivity index (χ2n) is 6.82. The van der Waals surface area contributed by atoms with Gasteiger partial charge in [-0.05, 0) is 36.6 Å². The molecule has 1 aliphatic heterocycles. The Morgan fingerprint density at radius 3 is 2.48 bits per heavy atom. The molecule has 0 aromatic heterocycles. The summed E-state index contributed by atoms with van der Waals surface area (Å²) < 4.78 is 11.2. The number of thiocarbonyl (C=S) groups is 1. The van der Waals surface area contributed by atoms with Crippen LogP contribution in [0.4, 0.5) is 0 Å². The Balaban J connectivity index is 1.89. The molecule has 0 aliphatic carbocycles. The van der Waals surface area contributed by atoms with E-state index < -0.39 is 5.97 Å². The highest BCUT2D eigenvalue weighted by atomic mass is 32.2. The van der Waals surface area contributed by atoms with Gasteiger partial charge in [0.1, 0.15) is 16.6 Å². The van der Waals surface area contributed by atoms with Crippen molar-refractivity contribution in [3.8, 4) is 5.75 Å². The molecular weight excluding hydrogens is 406 g/mol. The number of ether oxygens (including phenoxy) is 2. The molecule has 1 fully saturated rings. The third kappa shape index (κ3) is 7.82. The number of hydrogen-bond donors (Lipinski definition) is 0. The summed E-state index contributed by atoms with van der Waals surface area (Å²) in [5.41, 5.74) is 0.884. The average molecular weight is 436 g/mol. The zero-order valence-electron chi connectivity index (χ0n) is 17.1. The number of thioether (sulfide) groups is 1. The van der Waals surface area contributed by atoms with Crippen LogP contribution in [0.1, 0.15) is 57.9 Å². The molecule has 1 saturated heterocycles. The van der Waals surface area contributed by atoms with Crippen molar-refractivity contribution in [3.63, 3.8) is 0 Å². The minimum atomic E-state index is -0.434. The lowest BCUT2D eigenvalue weighted by atomic mass is 10.2. The molecule has 158 valence electrons. The van der Waals surface area contributed by atoms with Crippen LogP contribution in [0.15, 0.2) is 29.2 Å². The zero-order valence-corrected chi connectivity index (χ0v) is 18.8. The standard InChI is InChI=1S/C22H29NO4S2/c1-3-5-7-8-14-26-18-11-9-17(10-12-18)15-19-21(25)23(22(28)29-19)16-20(24)27-13-6-4-2/h9-12,15H,3-8,13-14,16H2,1-2H3/b19-15-. The first-order chi connectivity index (χ1) is 14.0.